The molecule has 0 aromatic heterocycles. The van der Waals surface area contributed by atoms with Crippen LogP contribution in [0.2, 0.25) is 0 Å². The Labute approximate surface area is 118 Å². The highest BCUT2D eigenvalue weighted by Gasteiger charge is 2.08. The summed E-state index contributed by atoms with van der Waals surface area (Å²) in [5, 5.41) is 14.8. The third-order valence-corrected chi connectivity index (χ3v) is 2.64. The van der Waals surface area contributed by atoms with Gasteiger partial charge in [0.1, 0.15) is 5.75 Å². The fourth-order valence-corrected chi connectivity index (χ4v) is 1.48. The topological polar surface area (TPSA) is 104 Å². The molecule has 5 N–H and O–H groups in total. The van der Waals surface area contributed by atoms with Gasteiger partial charge in [0.05, 0.1) is 5.69 Å². The average molecular weight is 279 g/mol. The molecule has 0 unspecified atom stereocenters. The molecular weight excluding hydrogens is 258 g/mol. The molecule has 110 valence electrons. The molecular formula is C14H21N3O3. The summed E-state index contributed by atoms with van der Waals surface area (Å²) in [6.07, 6.45) is 0.222. The first-order chi connectivity index (χ1) is 9.40. The molecule has 0 saturated heterocycles. The van der Waals surface area contributed by atoms with Crippen LogP contribution in [0.15, 0.2) is 18.2 Å². The average Bonchev–Trinajstić information content (AvgIpc) is 2.39. The fourth-order valence-electron chi connectivity index (χ4n) is 1.48. The number of carbonyl (C=O) groups is 2. The molecule has 0 saturated carbocycles. The van der Waals surface area contributed by atoms with Crippen LogP contribution in [0.5, 0.6) is 5.75 Å². The lowest BCUT2D eigenvalue weighted by Crippen LogP contribution is -2.32. The van der Waals surface area contributed by atoms with Gasteiger partial charge in [-0.25, -0.2) is 0 Å². The van der Waals surface area contributed by atoms with Gasteiger partial charge in [0, 0.05) is 25.1 Å². The van der Waals surface area contributed by atoms with Crippen LogP contribution in [0, 0.1) is 5.92 Å². The van der Waals surface area contributed by atoms with Gasteiger partial charge in [-0.1, -0.05) is 13.8 Å². The number of nitrogens with one attached hydrogen (secondary N) is 2. The molecule has 1 aromatic rings. The van der Waals surface area contributed by atoms with Crippen LogP contribution in [0.3, 0.4) is 0 Å². The highest BCUT2D eigenvalue weighted by atomic mass is 16.3. The number of nitrogen functional groups attached to an aromatic ring is 1. The van der Waals surface area contributed by atoms with Gasteiger partial charge in [-0.15, -0.1) is 0 Å². The van der Waals surface area contributed by atoms with Crippen LogP contribution in [0.4, 0.5) is 5.69 Å². The van der Waals surface area contributed by atoms with E-state index >= 15 is 0 Å². The molecule has 0 aliphatic carbocycles. The number of phenolic OH excluding ortho intramolecular Hbond substituents is 1. The normalized spacial score (nSPS) is 10.3. The summed E-state index contributed by atoms with van der Waals surface area (Å²) in [4.78, 5) is 23.2. The van der Waals surface area contributed by atoms with Crippen molar-refractivity contribution in [3.63, 3.8) is 0 Å². The number of nitrogens with two attached hydrogens (primary N) is 1. The Morgan fingerprint density at radius 3 is 2.60 bits per heavy atom. The van der Waals surface area contributed by atoms with E-state index in [1.165, 1.54) is 18.2 Å². The second-order valence-electron chi connectivity index (χ2n) is 4.98. The van der Waals surface area contributed by atoms with Crippen molar-refractivity contribution in [1.82, 2.24) is 10.6 Å². The Morgan fingerprint density at radius 2 is 2.00 bits per heavy atom. The van der Waals surface area contributed by atoms with Crippen molar-refractivity contribution in [2.45, 2.75) is 20.3 Å². The maximum absolute atomic E-state index is 11.8. The number of anilines is 1. The van der Waals surface area contributed by atoms with Crippen LogP contribution < -0.4 is 16.4 Å². The third-order valence-electron chi connectivity index (χ3n) is 2.64. The van der Waals surface area contributed by atoms with Gasteiger partial charge in [-0.05, 0) is 24.1 Å². The van der Waals surface area contributed by atoms with Crippen LogP contribution in [0.1, 0.15) is 30.6 Å². The van der Waals surface area contributed by atoms with E-state index in [1.807, 2.05) is 13.8 Å². The second kappa shape index (κ2) is 7.37. The Balaban J connectivity index is 2.36. The van der Waals surface area contributed by atoms with Crippen molar-refractivity contribution < 1.29 is 14.7 Å². The largest absolute Gasteiger partial charge is 0.506 e. The fraction of sp³-hybridized carbons (Fsp3) is 0.429. The van der Waals surface area contributed by atoms with E-state index < -0.39 is 0 Å². The lowest BCUT2D eigenvalue weighted by Gasteiger charge is -2.09. The predicted octanol–water partition coefficient (Wildman–Crippen LogP) is 0.866. The molecule has 1 aromatic carbocycles. The molecule has 0 aliphatic rings. The Bertz CT molecular complexity index is 487. The van der Waals surface area contributed by atoms with Crippen LogP contribution >= 0.6 is 0 Å². The van der Waals surface area contributed by atoms with E-state index in [0.717, 1.165) is 0 Å². The summed E-state index contributed by atoms with van der Waals surface area (Å²) in [5.74, 6) is -0.185. The molecule has 1 rings (SSSR count). The number of aromatic hydroxyl groups is 1. The van der Waals surface area contributed by atoms with E-state index in [1.54, 1.807) is 0 Å². The summed E-state index contributed by atoms with van der Waals surface area (Å²) in [7, 11) is 0. The summed E-state index contributed by atoms with van der Waals surface area (Å²) < 4.78 is 0. The minimum absolute atomic E-state index is 0.0980. The zero-order valence-electron chi connectivity index (χ0n) is 11.8. The monoisotopic (exact) mass is 279 g/mol. The van der Waals surface area contributed by atoms with Crippen LogP contribution in [-0.4, -0.2) is 30.0 Å². The Kier molecular flexibility index (Phi) is 5.83. The second-order valence-corrected chi connectivity index (χ2v) is 4.98. The summed E-state index contributed by atoms with van der Waals surface area (Å²) in [6, 6.07) is 4.27. The summed E-state index contributed by atoms with van der Waals surface area (Å²) in [6.45, 7) is 4.89. The molecule has 0 atom stereocenters. The third kappa shape index (κ3) is 5.17. The van der Waals surface area contributed by atoms with Gasteiger partial charge in [0.15, 0.2) is 0 Å². The molecule has 20 heavy (non-hydrogen) atoms. The molecule has 0 heterocycles. The highest BCUT2D eigenvalue weighted by molar-refractivity contribution is 5.95. The lowest BCUT2D eigenvalue weighted by molar-refractivity contribution is -0.121. The lowest BCUT2D eigenvalue weighted by atomic mass is 10.2. The number of carbonyl (C=O) groups excluding carboxylic acids is 2. The number of phenols is 1. The van der Waals surface area contributed by atoms with Gasteiger partial charge >= 0.3 is 0 Å². The minimum atomic E-state index is -0.350. The van der Waals surface area contributed by atoms with Crippen molar-refractivity contribution in [1.29, 1.82) is 0 Å². The standard InChI is InChI=1S/C14H21N3O3/c1-9(2)8-17-13(19)5-6-16-14(20)10-3-4-11(15)12(18)7-10/h3-4,7,9,18H,5-6,8,15H2,1-2H3,(H,16,20)(H,17,19). The number of benzene rings is 1. The van der Waals surface area contributed by atoms with E-state index in [2.05, 4.69) is 10.6 Å². The van der Waals surface area contributed by atoms with Crippen molar-refractivity contribution in [3.05, 3.63) is 23.8 Å². The first kappa shape index (κ1) is 15.8. The Hall–Kier alpha value is -2.24. The number of rotatable bonds is 6. The Morgan fingerprint density at radius 1 is 1.30 bits per heavy atom. The van der Waals surface area contributed by atoms with Crippen molar-refractivity contribution >= 4 is 17.5 Å². The molecule has 0 aliphatic heterocycles. The number of hydrogen-bond donors (Lipinski definition) is 4. The zero-order valence-corrected chi connectivity index (χ0v) is 11.8. The van der Waals surface area contributed by atoms with Crippen LogP contribution in [-0.2, 0) is 4.79 Å². The SMILES string of the molecule is CC(C)CNC(=O)CCNC(=O)c1ccc(N)c(O)c1. The van der Waals surface area contributed by atoms with E-state index in [-0.39, 0.29) is 36.2 Å². The first-order valence-corrected chi connectivity index (χ1v) is 6.53. The van der Waals surface area contributed by atoms with Crippen molar-refractivity contribution in [2.75, 3.05) is 18.8 Å². The molecule has 0 spiro atoms. The molecule has 6 heteroatoms. The summed E-state index contributed by atoms with van der Waals surface area (Å²) >= 11 is 0. The predicted molar refractivity (Wildman–Crippen MR) is 77.3 cm³/mol. The number of amides is 2. The maximum atomic E-state index is 11.8. The van der Waals surface area contributed by atoms with Gasteiger partial charge in [0.25, 0.3) is 5.91 Å². The van der Waals surface area contributed by atoms with Gasteiger partial charge < -0.3 is 21.5 Å². The smallest absolute Gasteiger partial charge is 0.251 e. The van der Waals surface area contributed by atoms with E-state index in [0.29, 0.717) is 18.0 Å². The van der Waals surface area contributed by atoms with Gasteiger partial charge in [0.2, 0.25) is 5.91 Å². The van der Waals surface area contributed by atoms with E-state index in [9.17, 15) is 14.7 Å². The first-order valence-electron chi connectivity index (χ1n) is 6.53. The van der Waals surface area contributed by atoms with Gasteiger partial charge in [-0.2, -0.15) is 0 Å². The molecule has 2 amide bonds. The molecule has 0 fully saturated rings. The molecule has 0 bridgehead atoms. The van der Waals surface area contributed by atoms with Gasteiger partial charge in [-0.3, -0.25) is 9.59 Å². The highest BCUT2D eigenvalue weighted by Crippen LogP contribution is 2.20. The molecule has 6 nitrogen and oxygen atoms in total. The zero-order chi connectivity index (χ0) is 15.1. The van der Waals surface area contributed by atoms with Crippen molar-refractivity contribution in [3.8, 4) is 5.75 Å². The summed E-state index contributed by atoms with van der Waals surface area (Å²) in [5.41, 5.74) is 5.97. The minimum Gasteiger partial charge on any atom is -0.506 e. The van der Waals surface area contributed by atoms with Crippen LogP contribution in [0.25, 0.3) is 0 Å². The van der Waals surface area contributed by atoms with E-state index in [4.69, 9.17) is 5.73 Å². The maximum Gasteiger partial charge on any atom is 0.251 e. The van der Waals surface area contributed by atoms with Crippen molar-refractivity contribution in [2.24, 2.45) is 5.92 Å². The number of hydrogen-bond acceptors (Lipinski definition) is 4. The molecule has 0 radical (unpaired) electrons. The quantitative estimate of drug-likeness (QED) is 0.458.